The minimum absolute atomic E-state index is 0.361. The summed E-state index contributed by atoms with van der Waals surface area (Å²) in [7, 11) is 1.70. The Morgan fingerprint density at radius 1 is 1.56 bits per heavy atom. The summed E-state index contributed by atoms with van der Waals surface area (Å²) in [5.41, 5.74) is 0. The van der Waals surface area contributed by atoms with Crippen LogP contribution in [0.5, 0.6) is 0 Å². The number of hydrogen-bond donors (Lipinski definition) is 0. The quantitative estimate of drug-likeness (QED) is 0.834. The monoisotopic (exact) mass is 306 g/mol. The number of methoxy groups -OCH3 is 1. The smallest absolute Gasteiger partial charge is 0.143 e. The lowest BCUT2D eigenvalue weighted by atomic mass is 10.3. The summed E-state index contributed by atoms with van der Waals surface area (Å²) in [5, 5.41) is 0.631. The molecule has 0 spiro atoms. The van der Waals surface area contributed by atoms with E-state index >= 15 is 0 Å². The molecule has 0 fully saturated rings. The lowest BCUT2D eigenvalue weighted by molar-refractivity contribution is 0.203. The Hall–Kier alpha value is -0.320. The molecule has 90 valence electrons. The number of aromatic nitrogens is 1. The molecular formula is C11H16BrClN2O. The van der Waals surface area contributed by atoms with Crippen LogP contribution < -0.4 is 4.90 Å². The molecule has 1 heterocycles. The summed E-state index contributed by atoms with van der Waals surface area (Å²) in [5.74, 6) is 0.899. The zero-order valence-corrected chi connectivity index (χ0v) is 12.0. The van der Waals surface area contributed by atoms with Crippen molar-refractivity contribution in [1.29, 1.82) is 0 Å². The van der Waals surface area contributed by atoms with Crippen molar-refractivity contribution >= 4 is 33.3 Å². The second kappa shape index (κ2) is 6.42. The lowest BCUT2D eigenvalue weighted by Crippen LogP contribution is -2.34. The van der Waals surface area contributed by atoms with Crippen LogP contribution in [0.2, 0.25) is 5.02 Å². The molecule has 0 aliphatic carbocycles. The Bertz CT molecular complexity index is 347. The van der Waals surface area contributed by atoms with E-state index in [0.29, 0.717) is 17.7 Å². The Kier molecular flexibility index (Phi) is 5.52. The normalized spacial score (nSPS) is 10.9. The van der Waals surface area contributed by atoms with Gasteiger partial charge in [-0.2, -0.15) is 0 Å². The van der Waals surface area contributed by atoms with E-state index in [0.717, 1.165) is 16.8 Å². The van der Waals surface area contributed by atoms with Crippen LogP contribution in [-0.4, -0.2) is 31.3 Å². The average molecular weight is 308 g/mol. The van der Waals surface area contributed by atoms with Crippen molar-refractivity contribution in [3.63, 3.8) is 0 Å². The molecule has 16 heavy (non-hydrogen) atoms. The Morgan fingerprint density at radius 3 is 2.75 bits per heavy atom. The van der Waals surface area contributed by atoms with Gasteiger partial charge in [-0.25, -0.2) is 4.98 Å². The van der Waals surface area contributed by atoms with E-state index in [9.17, 15) is 0 Å². The molecule has 0 amide bonds. The van der Waals surface area contributed by atoms with Gasteiger partial charge in [0.05, 0.1) is 16.1 Å². The maximum absolute atomic E-state index is 5.87. The minimum Gasteiger partial charge on any atom is -0.383 e. The van der Waals surface area contributed by atoms with Gasteiger partial charge in [0.25, 0.3) is 0 Å². The standard InChI is InChI=1S/C11H16BrClN2O/c1-8(2)15(4-5-16-3)11-10(12)6-9(13)7-14-11/h6-8H,4-5H2,1-3H3. The summed E-state index contributed by atoms with van der Waals surface area (Å²) in [6.45, 7) is 5.73. The molecule has 0 unspecified atom stereocenters. The third-order valence-corrected chi connectivity index (χ3v) is 3.01. The van der Waals surface area contributed by atoms with E-state index in [1.165, 1.54) is 0 Å². The van der Waals surface area contributed by atoms with Crippen molar-refractivity contribution in [3.8, 4) is 0 Å². The molecule has 1 rings (SSSR count). The van der Waals surface area contributed by atoms with E-state index in [2.05, 4.69) is 39.7 Å². The minimum atomic E-state index is 0.361. The van der Waals surface area contributed by atoms with E-state index in [4.69, 9.17) is 16.3 Å². The number of rotatable bonds is 5. The number of anilines is 1. The van der Waals surface area contributed by atoms with Crippen molar-refractivity contribution in [2.45, 2.75) is 19.9 Å². The molecule has 0 radical (unpaired) electrons. The van der Waals surface area contributed by atoms with Gasteiger partial charge in [0.15, 0.2) is 0 Å². The summed E-state index contributed by atoms with van der Waals surface area (Å²) in [4.78, 5) is 6.51. The van der Waals surface area contributed by atoms with E-state index in [-0.39, 0.29) is 0 Å². The molecule has 0 saturated heterocycles. The van der Waals surface area contributed by atoms with Gasteiger partial charge < -0.3 is 9.64 Å². The highest BCUT2D eigenvalue weighted by Gasteiger charge is 2.14. The van der Waals surface area contributed by atoms with Gasteiger partial charge in [-0.05, 0) is 35.8 Å². The van der Waals surface area contributed by atoms with Gasteiger partial charge in [0, 0.05) is 25.9 Å². The Morgan fingerprint density at radius 2 is 2.25 bits per heavy atom. The summed E-state index contributed by atoms with van der Waals surface area (Å²) >= 11 is 9.35. The highest BCUT2D eigenvalue weighted by Crippen LogP contribution is 2.27. The fourth-order valence-electron chi connectivity index (χ4n) is 1.42. The third-order valence-electron chi connectivity index (χ3n) is 2.22. The van der Waals surface area contributed by atoms with E-state index < -0.39 is 0 Å². The molecule has 0 N–H and O–H groups in total. The topological polar surface area (TPSA) is 25.4 Å². The van der Waals surface area contributed by atoms with Crippen LogP contribution in [0.3, 0.4) is 0 Å². The highest BCUT2D eigenvalue weighted by molar-refractivity contribution is 9.10. The van der Waals surface area contributed by atoms with Gasteiger partial charge in [0.2, 0.25) is 0 Å². The molecule has 1 aromatic rings. The zero-order chi connectivity index (χ0) is 12.1. The first kappa shape index (κ1) is 13.7. The molecule has 0 bridgehead atoms. The van der Waals surface area contributed by atoms with Gasteiger partial charge in [-0.1, -0.05) is 11.6 Å². The van der Waals surface area contributed by atoms with Crippen LogP contribution in [0.25, 0.3) is 0 Å². The lowest BCUT2D eigenvalue weighted by Gasteiger charge is -2.28. The fraction of sp³-hybridized carbons (Fsp3) is 0.545. The van der Waals surface area contributed by atoms with Crippen molar-refractivity contribution in [2.75, 3.05) is 25.2 Å². The average Bonchev–Trinajstić information content (AvgIpc) is 2.20. The Labute approximate surface area is 110 Å². The maximum Gasteiger partial charge on any atom is 0.143 e. The van der Waals surface area contributed by atoms with Crippen LogP contribution in [-0.2, 0) is 4.74 Å². The van der Waals surface area contributed by atoms with Gasteiger partial charge >= 0.3 is 0 Å². The van der Waals surface area contributed by atoms with E-state index in [1.807, 2.05) is 6.07 Å². The zero-order valence-electron chi connectivity index (χ0n) is 9.70. The molecular weight excluding hydrogens is 291 g/mol. The van der Waals surface area contributed by atoms with Gasteiger partial charge in [-0.15, -0.1) is 0 Å². The molecule has 0 aliphatic heterocycles. The predicted octanol–water partition coefficient (Wildman–Crippen LogP) is 3.36. The molecule has 0 atom stereocenters. The SMILES string of the molecule is COCCN(c1ncc(Cl)cc1Br)C(C)C. The molecule has 5 heteroatoms. The molecule has 0 saturated carbocycles. The first-order valence-corrected chi connectivity index (χ1v) is 6.30. The van der Waals surface area contributed by atoms with Crippen LogP contribution >= 0.6 is 27.5 Å². The number of ether oxygens (including phenoxy) is 1. The second-order valence-corrected chi connectivity index (χ2v) is 5.03. The van der Waals surface area contributed by atoms with Crippen LogP contribution in [0.15, 0.2) is 16.7 Å². The number of hydrogen-bond acceptors (Lipinski definition) is 3. The number of pyridine rings is 1. The van der Waals surface area contributed by atoms with Gasteiger partial charge in [-0.3, -0.25) is 0 Å². The van der Waals surface area contributed by atoms with Crippen molar-refractivity contribution in [1.82, 2.24) is 4.98 Å². The van der Waals surface area contributed by atoms with Crippen molar-refractivity contribution in [3.05, 3.63) is 21.8 Å². The van der Waals surface area contributed by atoms with Crippen LogP contribution in [0, 0.1) is 0 Å². The maximum atomic E-state index is 5.87. The summed E-state index contributed by atoms with van der Waals surface area (Å²) < 4.78 is 6.00. The first-order valence-electron chi connectivity index (χ1n) is 5.13. The fourth-order valence-corrected chi connectivity index (χ4v) is 2.28. The summed E-state index contributed by atoms with van der Waals surface area (Å²) in [6.07, 6.45) is 1.66. The third kappa shape index (κ3) is 3.61. The molecule has 1 aromatic heterocycles. The second-order valence-electron chi connectivity index (χ2n) is 3.74. The molecule has 0 aliphatic rings. The van der Waals surface area contributed by atoms with E-state index in [1.54, 1.807) is 13.3 Å². The van der Waals surface area contributed by atoms with Crippen molar-refractivity contribution in [2.24, 2.45) is 0 Å². The Balaban J connectivity index is 2.92. The molecule has 3 nitrogen and oxygen atoms in total. The molecule has 0 aromatic carbocycles. The van der Waals surface area contributed by atoms with Crippen molar-refractivity contribution < 1.29 is 4.74 Å². The highest BCUT2D eigenvalue weighted by atomic mass is 79.9. The predicted molar refractivity (Wildman–Crippen MR) is 71.3 cm³/mol. The van der Waals surface area contributed by atoms with Gasteiger partial charge in [0.1, 0.15) is 5.82 Å². The number of nitrogens with zero attached hydrogens (tertiary/aromatic N) is 2. The largest absolute Gasteiger partial charge is 0.383 e. The number of halogens is 2. The first-order chi connectivity index (χ1) is 7.56. The van der Waals surface area contributed by atoms with Crippen LogP contribution in [0.1, 0.15) is 13.8 Å². The van der Waals surface area contributed by atoms with Crippen LogP contribution in [0.4, 0.5) is 5.82 Å². The summed E-state index contributed by atoms with van der Waals surface area (Å²) in [6, 6.07) is 2.21.